The first-order valence-electron chi connectivity index (χ1n) is 8.51. The van der Waals surface area contributed by atoms with Crippen LogP contribution < -0.4 is 5.56 Å². The minimum absolute atomic E-state index is 0.0480. The van der Waals surface area contributed by atoms with Crippen molar-refractivity contribution in [3.63, 3.8) is 0 Å². The smallest absolute Gasteiger partial charge is 0.260 e. The van der Waals surface area contributed by atoms with E-state index in [1.807, 2.05) is 0 Å². The number of ether oxygens (including phenoxy) is 1. The molecule has 6 heteroatoms. The van der Waals surface area contributed by atoms with Crippen LogP contribution in [0.5, 0.6) is 0 Å². The van der Waals surface area contributed by atoms with E-state index in [-0.39, 0.29) is 5.56 Å². The molecule has 0 atom stereocenters. The molecule has 25 heavy (non-hydrogen) atoms. The van der Waals surface area contributed by atoms with Gasteiger partial charge in [-0.05, 0) is 19.4 Å². The number of aromatic amines is 1. The quantitative estimate of drug-likeness (QED) is 0.784. The zero-order chi connectivity index (χ0) is 17.4. The number of fused-ring (bicyclic) bond motifs is 1. The first-order chi connectivity index (χ1) is 12.1. The maximum absolute atomic E-state index is 12.8. The van der Waals surface area contributed by atoms with Crippen LogP contribution in [0.15, 0.2) is 29.1 Å². The molecule has 0 unspecified atom stereocenters. The van der Waals surface area contributed by atoms with Crippen molar-refractivity contribution in [2.24, 2.45) is 0 Å². The third-order valence-corrected chi connectivity index (χ3v) is 5.60. The average molecular weight is 355 g/mol. The third kappa shape index (κ3) is 3.25. The van der Waals surface area contributed by atoms with Crippen LogP contribution in [-0.2, 0) is 11.3 Å². The van der Waals surface area contributed by atoms with Crippen LogP contribution in [0.25, 0.3) is 21.3 Å². The summed E-state index contributed by atoms with van der Waals surface area (Å²) in [6.45, 7) is 8.01. The number of nitrogens with zero attached hydrogens (tertiary/aromatic N) is 2. The van der Waals surface area contributed by atoms with Crippen LogP contribution in [0.4, 0.5) is 0 Å². The molecule has 1 fully saturated rings. The molecular weight excluding hydrogens is 334 g/mol. The maximum atomic E-state index is 12.8. The number of hydrogen-bond donors (Lipinski definition) is 1. The highest BCUT2D eigenvalue weighted by molar-refractivity contribution is 7.19. The normalized spacial score (nSPS) is 15.8. The van der Waals surface area contributed by atoms with Gasteiger partial charge in [0.25, 0.3) is 5.56 Å². The van der Waals surface area contributed by atoms with Gasteiger partial charge in [-0.25, -0.2) is 4.98 Å². The molecule has 1 N–H and O–H groups in total. The van der Waals surface area contributed by atoms with Crippen molar-refractivity contribution in [2.75, 3.05) is 26.3 Å². The van der Waals surface area contributed by atoms with Crippen LogP contribution in [0.2, 0.25) is 0 Å². The van der Waals surface area contributed by atoms with Crippen molar-refractivity contribution >= 4 is 21.6 Å². The predicted molar refractivity (Wildman–Crippen MR) is 101 cm³/mol. The predicted octanol–water partition coefficient (Wildman–Crippen LogP) is 3.10. The summed E-state index contributed by atoms with van der Waals surface area (Å²) in [5.41, 5.74) is 3.24. The van der Waals surface area contributed by atoms with E-state index in [4.69, 9.17) is 9.72 Å². The van der Waals surface area contributed by atoms with Crippen LogP contribution in [-0.4, -0.2) is 41.2 Å². The third-order valence-electron chi connectivity index (χ3n) is 4.60. The van der Waals surface area contributed by atoms with Gasteiger partial charge in [-0.1, -0.05) is 29.8 Å². The van der Waals surface area contributed by atoms with Gasteiger partial charge in [0.15, 0.2) is 0 Å². The van der Waals surface area contributed by atoms with Crippen LogP contribution in [0, 0.1) is 13.8 Å². The Labute approximate surface area is 150 Å². The number of morpholine rings is 1. The number of benzene rings is 1. The zero-order valence-corrected chi connectivity index (χ0v) is 15.3. The Hall–Kier alpha value is -2.02. The maximum Gasteiger partial charge on any atom is 0.260 e. The van der Waals surface area contributed by atoms with Crippen molar-refractivity contribution in [1.82, 2.24) is 14.9 Å². The van der Waals surface area contributed by atoms with Gasteiger partial charge in [0.1, 0.15) is 10.7 Å². The summed E-state index contributed by atoms with van der Waals surface area (Å²) in [5.74, 6) is 0.733. The molecule has 5 nitrogen and oxygen atoms in total. The fourth-order valence-electron chi connectivity index (χ4n) is 3.28. The van der Waals surface area contributed by atoms with E-state index in [1.165, 1.54) is 5.56 Å². The topological polar surface area (TPSA) is 58.2 Å². The highest BCUT2D eigenvalue weighted by Crippen LogP contribution is 2.35. The first kappa shape index (κ1) is 16.4. The van der Waals surface area contributed by atoms with Crippen LogP contribution in [0.3, 0.4) is 0 Å². The molecular formula is C19H21N3O2S. The Kier molecular flexibility index (Phi) is 4.41. The Morgan fingerprint density at radius 1 is 1.20 bits per heavy atom. The van der Waals surface area contributed by atoms with Crippen LogP contribution in [0.1, 0.15) is 16.3 Å². The summed E-state index contributed by atoms with van der Waals surface area (Å²) in [7, 11) is 0. The lowest BCUT2D eigenvalue weighted by molar-refractivity contribution is 0.0331. The van der Waals surface area contributed by atoms with E-state index in [0.717, 1.165) is 53.0 Å². The SMILES string of the molecule is Cc1ccc(-c2c(C)sc3nc(CN4CCOCC4)[nH]c(=O)c23)cc1. The lowest BCUT2D eigenvalue weighted by Gasteiger charge is -2.25. The highest BCUT2D eigenvalue weighted by Gasteiger charge is 2.18. The molecule has 130 valence electrons. The van der Waals surface area contributed by atoms with E-state index in [2.05, 4.69) is 48.0 Å². The van der Waals surface area contributed by atoms with Crippen molar-refractivity contribution in [3.05, 3.63) is 50.9 Å². The molecule has 1 aliphatic rings. The van der Waals surface area contributed by atoms with Gasteiger partial charge < -0.3 is 9.72 Å². The van der Waals surface area contributed by atoms with E-state index in [9.17, 15) is 4.79 Å². The number of nitrogens with one attached hydrogen (secondary N) is 1. The Morgan fingerprint density at radius 3 is 2.64 bits per heavy atom. The van der Waals surface area contributed by atoms with Gasteiger partial charge in [-0.15, -0.1) is 11.3 Å². The molecule has 3 aromatic rings. The summed E-state index contributed by atoms with van der Waals surface area (Å²) in [6.07, 6.45) is 0. The zero-order valence-electron chi connectivity index (χ0n) is 14.5. The Balaban J connectivity index is 1.75. The Morgan fingerprint density at radius 2 is 1.92 bits per heavy atom. The van der Waals surface area contributed by atoms with Crippen molar-refractivity contribution < 1.29 is 4.74 Å². The fraction of sp³-hybridized carbons (Fsp3) is 0.368. The largest absolute Gasteiger partial charge is 0.379 e. The van der Waals surface area contributed by atoms with Gasteiger partial charge in [0.2, 0.25) is 0 Å². The summed E-state index contributed by atoms with van der Waals surface area (Å²) in [5, 5.41) is 0.706. The number of thiophene rings is 1. The fourth-order valence-corrected chi connectivity index (χ4v) is 4.34. The summed E-state index contributed by atoms with van der Waals surface area (Å²) < 4.78 is 5.38. The van der Waals surface area contributed by atoms with Crippen LogP contribution >= 0.6 is 11.3 Å². The molecule has 1 aromatic carbocycles. The van der Waals surface area contributed by atoms with Gasteiger partial charge in [-0.2, -0.15) is 0 Å². The minimum atomic E-state index is -0.0480. The average Bonchev–Trinajstić information content (AvgIpc) is 2.93. The number of aryl methyl sites for hydroxylation is 2. The number of rotatable bonds is 3. The molecule has 0 aliphatic carbocycles. The van der Waals surface area contributed by atoms with Crippen molar-refractivity contribution in [2.45, 2.75) is 20.4 Å². The monoisotopic (exact) mass is 355 g/mol. The molecule has 4 rings (SSSR count). The standard InChI is InChI=1S/C19H21N3O2S/c1-12-3-5-14(6-4-12)16-13(2)25-19-17(16)18(23)20-15(21-19)11-22-7-9-24-10-8-22/h3-6H,7-11H2,1-2H3,(H,20,21,23). The summed E-state index contributed by atoms with van der Waals surface area (Å²) in [6, 6.07) is 8.30. The molecule has 1 saturated heterocycles. The van der Waals surface area contributed by atoms with E-state index in [1.54, 1.807) is 11.3 Å². The summed E-state index contributed by atoms with van der Waals surface area (Å²) in [4.78, 5) is 24.7. The lowest BCUT2D eigenvalue weighted by Crippen LogP contribution is -2.36. The second-order valence-electron chi connectivity index (χ2n) is 6.48. The van der Waals surface area contributed by atoms with Gasteiger partial charge in [0, 0.05) is 23.5 Å². The molecule has 0 radical (unpaired) electrons. The van der Waals surface area contributed by atoms with E-state index < -0.39 is 0 Å². The second-order valence-corrected chi connectivity index (χ2v) is 7.68. The highest BCUT2D eigenvalue weighted by atomic mass is 32.1. The van der Waals surface area contributed by atoms with Gasteiger partial charge in [0.05, 0.1) is 25.1 Å². The lowest BCUT2D eigenvalue weighted by atomic mass is 10.0. The molecule has 0 saturated carbocycles. The second kappa shape index (κ2) is 6.71. The molecule has 3 heterocycles. The molecule has 0 amide bonds. The van der Waals surface area contributed by atoms with Gasteiger partial charge >= 0.3 is 0 Å². The molecule has 0 bridgehead atoms. The molecule has 0 spiro atoms. The van der Waals surface area contributed by atoms with Gasteiger partial charge in [-0.3, -0.25) is 9.69 Å². The van der Waals surface area contributed by atoms with Crippen molar-refractivity contribution in [1.29, 1.82) is 0 Å². The van der Waals surface area contributed by atoms with E-state index in [0.29, 0.717) is 11.9 Å². The Bertz CT molecular complexity index is 953. The number of H-pyrrole nitrogens is 1. The van der Waals surface area contributed by atoms with Crippen molar-refractivity contribution in [3.8, 4) is 11.1 Å². The minimum Gasteiger partial charge on any atom is -0.379 e. The molecule has 1 aliphatic heterocycles. The number of aromatic nitrogens is 2. The first-order valence-corrected chi connectivity index (χ1v) is 9.33. The number of hydrogen-bond acceptors (Lipinski definition) is 5. The van der Waals surface area contributed by atoms with E-state index >= 15 is 0 Å². The summed E-state index contributed by atoms with van der Waals surface area (Å²) >= 11 is 1.59. The molecule has 2 aromatic heterocycles.